The number of rotatable bonds is 10. The maximum Gasteiger partial charge on any atom is 0.322 e. The second-order valence-corrected chi connectivity index (χ2v) is 10.4. The fraction of sp³-hybridized carbons (Fsp3) is 0.360. The van der Waals surface area contributed by atoms with Crippen LogP contribution in [0.5, 0.6) is 11.8 Å². The molecule has 1 fully saturated rings. The van der Waals surface area contributed by atoms with Gasteiger partial charge in [-0.05, 0) is 38.1 Å². The van der Waals surface area contributed by atoms with Crippen molar-refractivity contribution in [3.8, 4) is 11.8 Å². The van der Waals surface area contributed by atoms with Gasteiger partial charge in [0.05, 0.1) is 11.4 Å². The Morgan fingerprint density at radius 2 is 1.80 bits per heavy atom. The van der Waals surface area contributed by atoms with Crippen LogP contribution in [0.25, 0.3) is 5.70 Å². The van der Waals surface area contributed by atoms with E-state index in [0.717, 1.165) is 37.4 Å². The first-order valence-electron chi connectivity index (χ1n) is 11.7. The molecule has 0 aliphatic carbocycles. The highest BCUT2D eigenvalue weighted by molar-refractivity contribution is 7.89. The first kappa shape index (κ1) is 24.7. The molecule has 0 saturated carbocycles. The van der Waals surface area contributed by atoms with Crippen LogP contribution in [-0.4, -0.2) is 67.1 Å². The van der Waals surface area contributed by atoms with E-state index < -0.39 is 10.0 Å². The minimum absolute atomic E-state index is 0.0568. The second-order valence-electron chi connectivity index (χ2n) is 8.58. The highest BCUT2D eigenvalue weighted by atomic mass is 32.2. The molecule has 1 aliphatic heterocycles. The average Bonchev–Trinajstić information content (AvgIpc) is 3.26. The van der Waals surface area contributed by atoms with E-state index in [0.29, 0.717) is 24.5 Å². The van der Waals surface area contributed by atoms with Gasteiger partial charge in [-0.1, -0.05) is 48.1 Å². The minimum Gasteiger partial charge on any atom is -0.424 e. The molecule has 1 aliphatic rings. The molecule has 1 aromatic heterocycles. The van der Waals surface area contributed by atoms with Crippen LogP contribution in [0.15, 0.2) is 61.2 Å². The largest absolute Gasteiger partial charge is 0.424 e. The van der Waals surface area contributed by atoms with Crippen molar-refractivity contribution in [3.63, 3.8) is 0 Å². The summed E-state index contributed by atoms with van der Waals surface area (Å²) in [5.74, 6) is 0.906. The maximum atomic E-state index is 12.6. The summed E-state index contributed by atoms with van der Waals surface area (Å²) in [7, 11) is -1.48. The predicted octanol–water partition coefficient (Wildman–Crippen LogP) is 2.97. The molecular formula is C25H32N6O3S. The van der Waals surface area contributed by atoms with Crippen molar-refractivity contribution < 1.29 is 13.2 Å². The molecule has 0 unspecified atom stereocenters. The van der Waals surface area contributed by atoms with Gasteiger partial charge in [0, 0.05) is 44.5 Å². The molecule has 186 valence electrons. The lowest BCUT2D eigenvalue weighted by Gasteiger charge is -2.34. The Hall–Kier alpha value is -3.37. The summed E-state index contributed by atoms with van der Waals surface area (Å²) in [5, 5.41) is 8.31. The SMILES string of the molecule is C=C(NS(=O)(=O)CCc1ccccc1)c1nnc(Oc2cccc(N3CCN(C)CC3)c2)n1CC. The predicted molar refractivity (Wildman–Crippen MR) is 138 cm³/mol. The van der Waals surface area contributed by atoms with Gasteiger partial charge in [0.1, 0.15) is 5.75 Å². The number of anilines is 1. The summed E-state index contributed by atoms with van der Waals surface area (Å²) in [6, 6.07) is 17.6. The van der Waals surface area contributed by atoms with E-state index in [2.05, 4.69) is 44.4 Å². The number of likely N-dealkylation sites (N-methyl/N-ethyl adjacent to an activating group) is 1. The molecule has 2 heterocycles. The van der Waals surface area contributed by atoms with Gasteiger partial charge < -0.3 is 14.5 Å². The third-order valence-corrected chi connectivity index (χ3v) is 7.28. The van der Waals surface area contributed by atoms with Gasteiger partial charge >= 0.3 is 6.01 Å². The van der Waals surface area contributed by atoms with Gasteiger partial charge in [0.15, 0.2) is 5.82 Å². The molecule has 9 nitrogen and oxygen atoms in total. The number of aromatic nitrogens is 3. The summed E-state index contributed by atoms with van der Waals surface area (Å²) in [6.45, 7) is 10.2. The maximum absolute atomic E-state index is 12.6. The molecule has 4 rings (SSSR count). The van der Waals surface area contributed by atoms with Crippen LogP contribution in [0.2, 0.25) is 0 Å². The molecule has 0 bridgehead atoms. The Kier molecular flexibility index (Phi) is 7.72. The Morgan fingerprint density at radius 3 is 2.51 bits per heavy atom. The first-order chi connectivity index (χ1) is 16.8. The summed E-state index contributed by atoms with van der Waals surface area (Å²) < 4.78 is 35.5. The lowest BCUT2D eigenvalue weighted by Crippen LogP contribution is -2.44. The zero-order valence-corrected chi connectivity index (χ0v) is 21.0. The van der Waals surface area contributed by atoms with Crippen molar-refractivity contribution >= 4 is 21.4 Å². The van der Waals surface area contributed by atoms with Gasteiger partial charge in [-0.15, -0.1) is 5.10 Å². The van der Waals surface area contributed by atoms with Crippen LogP contribution in [0.4, 0.5) is 5.69 Å². The fourth-order valence-corrected chi connectivity index (χ4v) is 5.04. The van der Waals surface area contributed by atoms with Crippen molar-refractivity contribution in [3.05, 3.63) is 72.6 Å². The zero-order valence-electron chi connectivity index (χ0n) is 20.2. The molecule has 1 saturated heterocycles. The van der Waals surface area contributed by atoms with Crippen LogP contribution in [0.1, 0.15) is 18.3 Å². The van der Waals surface area contributed by atoms with Crippen LogP contribution in [0.3, 0.4) is 0 Å². The number of hydrogen-bond donors (Lipinski definition) is 1. The zero-order chi connectivity index (χ0) is 24.8. The molecule has 3 aromatic rings. The molecule has 0 atom stereocenters. The van der Waals surface area contributed by atoms with E-state index in [1.807, 2.05) is 55.5 Å². The van der Waals surface area contributed by atoms with Gasteiger partial charge in [0.25, 0.3) is 0 Å². The van der Waals surface area contributed by atoms with Crippen molar-refractivity contribution in [1.29, 1.82) is 0 Å². The third-order valence-electron chi connectivity index (χ3n) is 5.98. The topological polar surface area (TPSA) is 92.6 Å². The molecule has 0 amide bonds. The number of benzene rings is 2. The number of piperazine rings is 1. The average molecular weight is 497 g/mol. The van der Waals surface area contributed by atoms with Crippen LogP contribution in [-0.2, 0) is 23.0 Å². The Balaban J connectivity index is 1.43. The van der Waals surface area contributed by atoms with Crippen LogP contribution < -0.4 is 14.4 Å². The number of hydrogen-bond acceptors (Lipinski definition) is 7. The van der Waals surface area contributed by atoms with E-state index in [1.165, 1.54) is 0 Å². The normalized spacial score (nSPS) is 14.6. The van der Waals surface area contributed by atoms with Crippen LogP contribution in [0, 0.1) is 0 Å². The quantitative estimate of drug-likeness (QED) is 0.461. The van der Waals surface area contributed by atoms with Crippen molar-refractivity contribution in [2.45, 2.75) is 19.9 Å². The minimum atomic E-state index is -3.60. The van der Waals surface area contributed by atoms with E-state index >= 15 is 0 Å². The summed E-state index contributed by atoms with van der Waals surface area (Å²) in [4.78, 5) is 4.64. The lowest BCUT2D eigenvalue weighted by atomic mass is 10.2. The molecular weight excluding hydrogens is 464 g/mol. The Labute approximate surface area is 207 Å². The lowest BCUT2D eigenvalue weighted by molar-refractivity contribution is 0.312. The van der Waals surface area contributed by atoms with E-state index in [4.69, 9.17) is 4.74 Å². The van der Waals surface area contributed by atoms with Gasteiger partial charge in [-0.2, -0.15) is 0 Å². The highest BCUT2D eigenvalue weighted by Gasteiger charge is 2.20. The van der Waals surface area contributed by atoms with E-state index in [1.54, 1.807) is 4.57 Å². The Bertz CT molecular complexity index is 1250. The standard InChI is InChI=1S/C25H32N6O3S/c1-4-31-24(20(2)28-35(32,33)18-13-21-9-6-5-7-10-21)26-27-25(31)34-23-12-8-11-22(19-23)30-16-14-29(3)15-17-30/h5-12,19,28H,2,4,13-18H2,1,3H3. The molecule has 2 aromatic carbocycles. The number of ether oxygens (including phenoxy) is 1. The summed E-state index contributed by atoms with van der Waals surface area (Å²) in [5.41, 5.74) is 2.21. The molecule has 0 spiro atoms. The van der Waals surface area contributed by atoms with Crippen molar-refractivity contribution in [1.82, 2.24) is 24.4 Å². The molecule has 0 radical (unpaired) electrons. The molecule has 35 heavy (non-hydrogen) atoms. The Morgan fingerprint density at radius 1 is 1.06 bits per heavy atom. The van der Waals surface area contributed by atoms with Gasteiger partial charge in [-0.25, -0.2) is 8.42 Å². The number of aryl methyl sites for hydroxylation is 1. The van der Waals surface area contributed by atoms with Gasteiger partial charge in [-0.3, -0.25) is 9.29 Å². The smallest absolute Gasteiger partial charge is 0.322 e. The first-order valence-corrected chi connectivity index (χ1v) is 13.4. The number of nitrogens with zero attached hydrogens (tertiary/aromatic N) is 5. The van der Waals surface area contributed by atoms with Crippen molar-refractivity contribution in [2.24, 2.45) is 0 Å². The van der Waals surface area contributed by atoms with E-state index in [-0.39, 0.29) is 17.5 Å². The second kappa shape index (κ2) is 10.9. The molecule has 10 heteroatoms. The number of sulfonamides is 1. The van der Waals surface area contributed by atoms with E-state index in [9.17, 15) is 8.42 Å². The highest BCUT2D eigenvalue weighted by Crippen LogP contribution is 2.27. The van der Waals surface area contributed by atoms with Crippen molar-refractivity contribution in [2.75, 3.05) is 43.9 Å². The van der Waals surface area contributed by atoms with Gasteiger partial charge in [0.2, 0.25) is 10.0 Å². The molecule has 1 N–H and O–H groups in total. The summed E-state index contributed by atoms with van der Waals surface area (Å²) >= 11 is 0. The monoisotopic (exact) mass is 496 g/mol. The number of nitrogens with one attached hydrogen (secondary N) is 1. The summed E-state index contributed by atoms with van der Waals surface area (Å²) in [6.07, 6.45) is 0.405. The van der Waals surface area contributed by atoms with Crippen LogP contribution >= 0.6 is 0 Å². The third kappa shape index (κ3) is 6.40. The fourth-order valence-electron chi connectivity index (χ4n) is 3.97.